The number of nitrogens with zero attached hydrogens (tertiary/aromatic N) is 1. The molecule has 0 spiro atoms. The largest absolute Gasteiger partial charge is 0.383 e. The molecule has 0 aromatic carbocycles. The van der Waals surface area contributed by atoms with E-state index in [9.17, 15) is 9.59 Å². The number of nitrogen functional groups attached to an aromatic ring is 1. The van der Waals surface area contributed by atoms with Crippen LogP contribution < -0.4 is 16.4 Å². The second kappa shape index (κ2) is 6.01. The van der Waals surface area contributed by atoms with E-state index in [1.54, 1.807) is 6.07 Å². The summed E-state index contributed by atoms with van der Waals surface area (Å²) in [6.07, 6.45) is 1.50. The van der Waals surface area contributed by atoms with Gasteiger partial charge in [0.05, 0.1) is 12.1 Å². The highest BCUT2D eigenvalue weighted by Gasteiger charge is 2.16. The number of pyridine rings is 1. The molecule has 0 saturated carbocycles. The van der Waals surface area contributed by atoms with Crippen molar-refractivity contribution >= 4 is 33.6 Å². The van der Waals surface area contributed by atoms with Crippen LogP contribution in [0.5, 0.6) is 0 Å². The average Bonchev–Trinajstić information content (AvgIpc) is 2.27. The fourth-order valence-electron chi connectivity index (χ4n) is 1.35. The van der Waals surface area contributed by atoms with Crippen LogP contribution in [0.2, 0.25) is 0 Å². The van der Waals surface area contributed by atoms with Crippen molar-refractivity contribution in [3.05, 3.63) is 22.3 Å². The van der Waals surface area contributed by atoms with Crippen LogP contribution in [0.25, 0.3) is 0 Å². The summed E-state index contributed by atoms with van der Waals surface area (Å²) < 4.78 is 0.644. The average molecular weight is 329 g/mol. The Balaban J connectivity index is 2.61. The molecule has 0 unspecified atom stereocenters. The van der Waals surface area contributed by atoms with E-state index in [1.165, 1.54) is 6.20 Å². The summed E-state index contributed by atoms with van der Waals surface area (Å²) in [5.74, 6) is -0.574. The second-order valence-electron chi connectivity index (χ2n) is 5.07. The van der Waals surface area contributed by atoms with Crippen molar-refractivity contribution in [3.8, 4) is 0 Å². The van der Waals surface area contributed by atoms with Crippen LogP contribution in [0.15, 0.2) is 16.7 Å². The third-order valence-electron chi connectivity index (χ3n) is 2.05. The van der Waals surface area contributed by atoms with Gasteiger partial charge in [0.25, 0.3) is 5.91 Å². The zero-order valence-corrected chi connectivity index (χ0v) is 12.7. The lowest BCUT2D eigenvalue weighted by Gasteiger charge is -2.20. The standard InChI is InChI=1S/C12H17BrN4O2/c1-12(2,3)17-9(18)6-16-11(19)8-4-7(13)5-15-10(8)14/h4-5H,6H2,1-3H3,(H2,14,15)(H,16,19)(H,17,18). The number of carbonyl (C=O) groups is 2. The molecule has 1 rings (SSSR count). The molecule has 1 aromatic heterocycles. The molecule has 0 aliphatic carbocycles. The third kappa shape index (κ3) is 5.25. The zero-order valence-electron chi connectivity index (χ0n) is 11.1. The maximum absolute atomic E-state index is 11.9. The van der Waals surface area contributed by atoms with Crippen LogP contribution in [0.1, 0.15) is 31.1 Å². The van der Waals surface area contributed by atoms with Crippen molar-refractivity contribution in [2.75, 3.05) is 12.3 Å². The molecule has 1 heterocycles. The predicted molar refractivity (Wildman–Crippen MR) is 76.6 cm³/mol. The van der Waals surface area contributed by atoms with Crippen LogP contribution in [-0.4, -0.2) is 28.9 Å². The van der Waals surface area contributed by atoms with Gasteiger partial charge in [0.2, 0.25) is 5.91 Å². The minimum atomic E-state index is -0.435. The first kappa shape index (κ1) is 15.4. The summed E-state index contributed by atoms with van der Waals surface area (Å²) in [7, 11) is 0. The minimum absolute atomic E-state index is 0.109. The first-order valence-corrected chi connectivity index (χ1v) is 6.48. The van der Waals surface area contributed by atoms with Gasteiger partial charge in [0.1, 0.15) is 5.82 Å². The number of halogens is 1. The number of hydrogen-bond acceptors (Lipinski definition) is 4. The summed E-state index contributed by atoms with van der Waals surface area (Å²) in [6, 6.07) is 1.55. The highest BCUT2D eigenvalue weighted by molar-refractivity contribution is 9.10. The lowest BCUT2D eigenvalue weighted by atomic mass is 10.1. The normalized spacial score (nSPS) is 10.9. The molecule has 0 fully saturated rings. The lowest BCUT2D eigenvalue weighted by molar-refractivity contribution is -0.121. The molecular weight excluding hydrogens is 312 g/mol. The fraction of sp³-hybridized carbons (Fsp3) is 0.417. The molecule has 1 aromatic rings. The van der Waals surface area contributed by atoms with Gasteiger partial charge in [0.15, 0.2) is 0 Å². The van der Waals surface area contributed by atoms with Gasteiger partial charge in [-0.15, -0.1) is 0 Å². The number of hydrogen-bond donors (Lipinski definition) is 3. The quantitative estimate of drug-likeness (QED) is 0.773. The van der Waals surface area contributed by atoms with Gasteiger partial charge in [-0.1, -0.05) is 0 Å². The Kier molecular flexibility index (Phi) is 4.88. The Hall–Kier alpha value is -1.63. The van der Waals surface area contributed by atoms with Crippen LogP contribution in [0.3, 0.4) is 0 Å². The fourth-order valence-corrected chi connectivity index (χ4v) is 1.68. The highest BCUT2D eigenvalue weighted by atomic mass is 79.9. The molecule has 104 valence electrons. The smallest absolute Gasteiger partial charge is 0.255 e. The number of carbonyl (C=O) groups excluding carboxylic acids is 2. The monoisotopic (exact) mass is 328 g/mol. The Morgan fingerprint density at radius 3 is 2.63 bits per heavy atom. The minimum Gasteiger partial charge on any atom is -0.383 e. The van der Waals surface area contributed by atoms with E-state index in [2.05, 4.69) is 31.5 Å². The number of nitrogens with one attached hydrogen (secondary N) is 2. The summed E-state index contributed by atoms with van der Waals surface area (Å²) in [4.78, 5) is 27.3. The Morgan fingerprint density at radius 1 is 1.42 bits per heavy atom. The molecule has 0 aliphatic heterocycles. The van der Waals surface area contributed by atoms with Crippen LogP contribution in [-0.2, 0) is 4.79 Å². The maximum Gasteiger partial charge on any atom is 0.255 e. The van der Waals surface area contributed by atoms with Gasteiger partial charge < -0.3 is 16.4 Å². The lowest BCUT2D eigenvalue weighted by Crippen LogP contribution is -2.45. The number of anilines is 1. The van der Waals surface area contributed by atoms with Crippen molar-refractivity contribution < 1.29 is 9.59 Å². The SMILES string of the molecule is CC(C)(C)NC(=O)CNC(=O)c1cc(Br)cnc1N. The maximum atomic E-state index is 11.9. The van der Waals surface area contributed by atoms with Gasteiger partial charge in [-0.2, -0.15) is 0 Å². The van der Waals surface area contributed by atoms with E-state index in [4.69, 9.17) is 5.73 Å². The van der Waals surface area contributed by atoms with E-state index < -0.39 is 5.91 Å². The Labute approximate surface area is 120 Å². The van der Waals surface area contributed by atoms with Crippen molar-refractivity contribution in [2.45, 2.75) is 26.3 Å². The molecule has 19 heavy (non-hydrogen) atoms. The van der Waals surface area contributed by atoms with Gasteiger partial charge >= 0.3 is 0 Å². The first-order chi connectivity index (χ1) is 8.69. The van der Waals surface area contributed by atoms with Crippen molar-refractivity contribution in [3.63, 3.8) is 0 Å². The summed E-state index contributed by atoms with van der Waals surface area (Å²) >= 11 is 3.21. The molecule has 0 saturated heterocycles. The predicted octanol–water partition coefficient (Wildman–Crippen LogP) is 1.07. The van der Waals surface area contributed by atoms with E-state index in [0.717, 1.165) is 0 Å². The molecule has 4 N–H and O–H groups in total. The summed E-state index contributed by atoms with van der Waals surface area (Å²) in [6.45, 7) is 5.48. The van der Waals surface area contributed by atoms with Crippen molar-refractivity contribution in [1.29, 1.82) is 0 Å². The van der Waals surface area contributed by atoms with E-state index in [1.807, 2.05) is 20.8 Å². The van der Waals surface area contributed by atoms with Crippen LogP contribution in [0, 0.1) is 0 Å². The summed E-state index contributed by atoms with van der Waals surface area (Å²) in [5, 5.41) is 5.24. The molecule has 0 aliphatic rings. The number of amides is 2. The first-order valence-electron chi connectivity index (χ1n) is 5.69. The third-order valence-corrected chi connectivity index (χ3v) is 2.49. The molecule has 2 amide bonds. The van der Waals surface area contributed by atoms with Crippen LogP contribution >= 0.6 is 15.9 Å². The number of aromatic nitrogens is 1. The molecule has 7 heteroatoms. The van der Waals surface area contributed by atoms with Gasteiger partial charge in [-0.05, 0) is 42.8 Å². The molecule has 0 atom stereocenters. The van der Waals surface area contributed by atoms with Crippen molar-refractivity contribution in [2.24, 2.45) is 0 Å². The van der Waals surface area contributed by atoms with E-state index in [0.29, 0.717) is 4.47 Å². The van der Waals surface area contributed by atoms with Crippen molar-refractivity contribution in [1.82, 2.24) is 15.6 Å². The van der Waals surface area contributed by atoms with E-state index >= 15 is 0 Å². The van der Waals surface area contributed by atoms with E-state index in [-0.39, 0.29) is 29.4 Å². The summed E-state index contributed by atoms with van der Waals surface area (Å²) in [5.41, 5.74) is 5.50. The highest BCUT2D eigenvalue weighted by Crippen LogP contribution is 2.15. The molecule has 0 radical (unpaired) electrons. The Bertz CT molecular complexity index is 497. The number of rotatable bonds is 3. The van der Waals surface area contributed by atoms with Crippen LogP contribution in [0.4, 0.5) is 5.82 Å². The topological polar surface area (TPSA) is 97.1 Å². The molecule has 6 nitrogen and oxygen atoms in total. The van der Waals surface area contributed by atoms with Gasteiger partial charge in [0, 0.05) is 16.2 Å². The Morgan fingerprint density at radius 2 is 2.05 bits per heavy atom. The zero-order chi connectivity index (χ0) is 14.6. The van der Waals surface area contributed by atoms with Gasteiger partial charge in [-0.3, -0.25) is 9.59 Å². The number of nitrogens with two attached hydrogens (primary N) is 1. The second-order valence-corrected chi connectivity index (χ2v) is 5.98. The molecular formula is C12H17BrN4O2. The molecule has 0 bridgehead atoms. The van der Waals surface area contributed by atoms with Gasteiger partial charge in [-0.25, -0.2) is 4.98 Å².